The van der Waals surface area contributed by atoms with E-state index < -0.39 is 0 Å². The smallest absolute Gasteiger partial charge is 0.356 e. The molecule has 0 radical (unpaired) electrons. The highest BCUT2D eigenvalue weighted by Crippen LogP contribution is 2.31. The Kier molecular flexibility index (Phi) is 7.10. The number of nitrogens with one attached hydrogen (secondary N) is 1. The molecule has 1 amide bonds. The maximum atomic E-state index is 10.9. The Labute approximate surface area is 156 Å². The van der Waals surface area contributed by atoms with Gasteiger partial charge in [-0.05, 0) is 47.2 Å². The molecule has 0 aliphatic rings. The number of thiazole rings is 1. The van der Waals surface area contributed by atoms with E-state index in [1.807, 2.05) is 5.38 Å². The summed E-state index contributed by atoms with van der Waals surface area (Å²) in [5.41, 5.74) is 0.932. The van der Waals surface area contributed by atoms with Gasteiger partial charge in [-0.3, -0.25) is 4.79 Å². The Morgan fingerprint density at radius 3 is 2.92 bits per heavy atom. The van der Waals surface area contributed by atoms with Crippen molar-refractivity contribution < 1.29 is 9.48 Å². The van der Waals surface area contributed by atoms with Crippen molar-refractivity contribution in [3.8, 4) is 10.6 Å². The summed E-state index contributed by atoms with van der Waals surface area (Å²) in [6.45, 7) is 11.3. The lowest BCUT2D eigenvalue weighted by Gasteiger charge is -2.16. The first-order valence-corrected chi connectivity index (χ1v) is 9.98. The van der Waals surface area contributed by atoms with Crippen LogP contribution in [0.5, 0.6) is 0 Å². The molecule has 2 rings (SSSR count). The standard InChI is InChI=1S/C17H25N5OS2/c1-12(2)8-10-22(18)21(4)17-20-15(11-24-17)16-6-5-14(25-16)7-9-19-13(3)23/h5-6,11-12H,4,7-10,18H2,1-3H3/p+1. The van der Waals surface area contributed by atoms with Gasteiger partial charge in [-0.15, -0.1) is 16.0 Å². The molecule has 0 bridgehead atoms. The number of carbonyl (C=O) groups excluding carboxylic acids is 1. The second-order valence-corrected chi connectivity index (χ2v) is 8.26. The minimum absolute atomic E-state index is 0.000246. The molecule has 3 N–H and O–H groups in total. The number of rotatable bonds is 9. The molecule has 0 fully saturated rings. The Morgan fingerprint density at radius 1 is 1.48 bits per heavy atom. The number of hydrogen-bond donors (Lipinski definition) is 2. The van der Waals surface area contributed by atoms with Crippen molar-refractivity contribution in [2.75, 3.05) is 13.1 Å². The third-order valence-corrected chi connectivity index (χ3v) is 5.64. The fourth-order valence-electron chi connectivity index (χ4n) is 2.13. The molecule has 8 heteroatoms. The predicted molar refractivity (Wildman–Crippen MR) is 105 cm³/mol. The SMILES string of the molecule is C=[N+](c1nc(-c2ccc(CCNC(C)=O)s2)cs1)N(N)CCC(C)C. The molecule has 0 atom stereocenters. The van der Waals surface area contributed by atoms with Gasteiger partial charge < -0.3 is 5.32 Å². The van der Waals surface area contributed by atoms with Crippen molar-refractivity contribution in [1.29, 1.82) is 0 Å². The van der Waals surface area contributed by atoms with Gasteiger partial charge in [0.2, 0.25) is 11.6 Å². The van der Waals surface area contributed by atoms with Crippen LogP contribution in [0.25, 0.3) is 10.6 Å². The zero-order chi connectivity index (χ0) is 18.4. The molecule has 2 heterocycles. The number of nitrogens with two attached hydrogens (primary N) is 1. The molecule has 136 valence electrons. The highest BCUT2D eigenvalue weighted by atomic mass is 32.1. The van der Waals surface area contributed by atoms with Crippen molar-refractivity contribution in [3.05, 3.63) is 22.4 Å². The van der Waals surface area contributed by atoms with Crippen LogP contribution in [-0.4, -0.2) is 40.5 Å². The molecular formula is C17H26N5OS2+. The fraction of sp³-hybridized carbons (Fsp3) is 0.471. The van der Waals surface area contributed by atoms with E-state index in [0.29, 0.717) is 12.5 Å². The van der Waals surface area contributed by atoms with Gasteiger partial charge in [0.25, 0.3) is 0 Å². The molecule has 0 aliphatic heterocycles. The molecule has 0 spiro atoms. The third kappa shape index (κ3) is 5.91. The summed E-state index contributed by atoms with van der Waals surface area (Å²) < 4.78 is 1.65. The first kappa shape index (κ1) is 19.6. The minimum atomic E-state index is 0.000246. The van der Waals surface area contributed by atoms with Crippen LogP contribution >= 0.6 is 22.7 Å². The van der Waals surface area contributed by atoms with Crippen molar-refractivity contribution >= 4 is 40.4 Å². The molecule has 2 aromatic heterocycles. The van der Waals surface area contributed by atoms with E-state index in [4.69, 9.17) is 5.84 Å². The second kappa shape index (κ2) is 9.07. The lowest BCUT2D eigenvalue weighted by Crippen LogP contribution is -2.39. The van der Waals surface area contributed by atoms with Crippen LogP contribution < -0.4 is 11.2 Å². The molecule has 0 saturated carbocycles. The topological polar surface area (TPSA) is 74.3 Å². The van der Waals surface area contributed by atoms with Gasteiger partial charge in [-0.25, -0.2) is 5.84 Å². The number of nitrogens with zero attached hydrogens (tertiary/aromatic N) is 3. The van der Waals surface area contributed by atoms with Crippen molar-refractivity contribution in [3.63, 3.8) is 0 Å². The Morgan fingerprint density at radius 2 is 2.24 bits per heavy atom. The van der Waals surface area contributed by atoms with Crippen LogP contribution in [0.15, 0.2) is 17.5 Å². The van der Waals surface area contributed by atoms with Gasteiger partial charge >= 0.3 is 5.13 Å². The summed E-state index contributed by atoms with van der Waals surface area (Å²) in [6.07, 6.45) is 1.83. The maximum absolute atomic E-state index is 10.9. The Bertz CT molecular complexity index is 722. The summed E-state index contributed by atoms with van der Waals surface area (Å²) in [5, 5.41) is 7.21. The summed E-state index contributed by atoms with van der Waals surface area (Å²) >= 11 is 3.22. The summed E-state index contributed by atoms with van der Waals surface area (Å²) in [6, 6.07) is 4.15. The van der Waals surface area contributed by atoms with Crippen molar-refractivity contribution in [1.82, 2.24) is 15.4 Å². The number of hydrazone groups is 1. The maximum Gasteiger partial charge on any atom is 0.407 e. The first-order chi connectivity index (χ1) is 11.9. The van der Waals surface area contributed by atoms with Crippen LogP contribution in [0.3, 0.4) is 0 Å². The zero-order valence-corrected chi connectivity index (χ0v) is 16.6. The van der Waals surface area contributed by atoms with E-state index in [1.54, 1.807) is 21.1 Å². The fourth-order valence-corrected chi connectivity index (χ4v) is 3.95. The lowest BCUT2D eigenvalue weighted by atomic mass is 10.1. The van der Waals surface area contributed by atoms with Crippen LogP contribution in [0.2, 0.25) is 0 Å². The quantitative estimate of drug-likeness (QED) is 0.303. The number of aromatic nitrogens is 1. The van der Waals surface area contributed by atoms with E-state index >= 15 is 0 Å². The van der Waals surface area contributed by atoms with Gasteiger partial charge in [0.1, 0.15) is 0 Å². The summed E-state index contributed by atoms with van der Waals surface area (Å²) in [5.74, 6) is 6.65. The molecule has 0 saturated heterocycles. The van der Waals surface area contributed by atoms with Crippen LogP contribution in [0.1, 0.15) is 32.1 Å². The van der Waals surface area contributed by atoms with E-state index in [2.05, 4.69) is 43.0 Å². The predicted octanol–water partition coefficient (Wildman–Crippen LogP) is 3.03. The molecule has 0 aromatic carbocycles. The summed E-state index contributed by atoms with van der Waals surface area (Å²) in [4.78, 5) is 17.9. The van der Waals surface area contributed by atoms with Crippen LogP contribution in [0, 0.1) is 5.92 Å². The molecule has 0 aliphatic carbocycles. The van der Waals surface area contributed by atoms with Gasteiger partial charge in [0, 0.05) is 18.3 Å². The summed E-state index contributed by atoms with van der Waals surface area (Å²) in [7, 11) is 0. The van der Waals surface area contributed by atoms with Crippen molar-refractivity contribution in [2.24, 2.45) is 11.8 Å². The normalized spacial score (nSPS) is 10.9. The first-order valence-electron chi connectivity index (χ1n) is 8.28. The highest BCUT2D eigenvalue weighted by molar-refractivity contribution is 7.16. The van der Waals surface area contributed by atoms with E-state index in [9.17, 15) is 4.79 Å². The molecule has 2 aromatic rings. The minimum Gasteiger partial charge on any atom is -0.356 e. The van der Waals surface area contributed by atoms with Gasteiger partial charge in [0.15, 0.2) is 0 Å². The highest BCUT2D eigenvalue weighted by Gasteiger charge is 2.20. The number of hydrogen-bond acceptors (Lipinski definition) is 6. The molecular weight excluding hydrogens is 354 g/mol. The molecule has 6 nitrogen and oxygen atoms in total. The second-order valence-electron chi connectivity index (χ2n) is 6.26. The van der Waals surface area contributed by atoms with E-state index in [1.165, 1.54) is 23.1 Å². The monoisotopic (exact) mass is 380 g/mol. The number of amides is 1. The zero-order valence-electron chi connectivity index (χ0n) is 15.0. The molecule has 0 unspecified atom stereocenters. The number of hydrazine groups is 2. The molecule has 25 heavy (non-hydrogen) atoms. The van der Waals surface area contributed by atoms with Gasteiger partial charge in [-0.2, -0.15) is 5.12 Å². The van der Waals surface area contributed by atoms with E-state index in [0.717, 1.165) is 35.1 Å². The lowest BCUT2D eigenvalue weighted by molar-refractivity contribution is -0.620. The average molecular weight is 381 g/mol. The van der Waals surface area contributed by atoms with Crippen LogP contribution in [-0.2, 0) is 11.2 Å². The third-order valence-electron chi connectivity index (χ3n) is 3.62. The average Bonchev–Trinajstić information content (AvgIpc) is 3.20. The van der Waals surface area contributed by atoms with Crippen LogP contribution in [0.4, 0.5) is 5.13 Å². The van der Waals surface area contributed by atoms with Crippen molar-refractivity contribution in [2.45, 2.75) is 33.6 Å². The largest absolute Gasteiger partial charge is 0.407 e. The van der Waals surface area contributed by atoms with Gasteiger partial charge in [0.05, 0.1) is 23.5 Å². The van der Waals surface area contributed by atoms with E-state index in [-0.39, 0.29) is 5.91 Å². The van der Waals surface area contributed by atoms with Gasteiger partial charge in [-0.1, -0.05) is 13.8 Å². The number of carbonyl (C=O) groups is 1. The Hall–Kier alpha value is -1.77. The Balaban J connectivity index is 1.97. The number of thiophene rings is 1.